The summed E-state index contributed by atoms with van der Waals surface area (Å²) >= 11 is 6.10. The topological polar surface area (TPSA) is 66.8 Å². The molecule has 1 fully saturated rings. The first-order valence-corrected chi connectivity index (χ1v) is 9.45. The Hall–Kier alpha value is -2.34. The van der Waals surface area contributed by atoms with Gasteiger partial charge in [0.15, 0.2) is 5.82 Å². The third kappa shape index (κ3) is 3.33. The number of rotatable bonds is 4. The van der Waals surface area contributed by atoms with Crippen molar-refractivity contribution in [1.82, 2.24) is 24.6 Å². The minimum absolute atomic E-state index is 0.144. The molecule has 0 radical (unpaired) electrons. The first kappa shape index (κ1) is 17.1. The Bertz CT molecular complexity index is 923. The standard InChI is InChI=1S/C19H22ClN5O/c1-2-17-21-19(23-22-17)14-6-8-24(9-7-14)18(26)12-25-10-5-13-3-4-15(20)11-16(13)25/h3-5,10-11,14H,2,6-9,12H2,1H3,(H,21,22,23). The number of carbonyl (C=O) groups excluding carboxylic acids is 1. The molecule has 0 saturated carbocycles. The predicted molar refractivity (Wildman–Crippen MR) is 101 cm³/mol. The molecule has 1 amide bonds. The number of aromatic nitrogens is 4. The summed E-state index contributed by atoms with van der Waals surface area (Å²) in [5, 5.41) is 9.09. The van der Waals surface area contributed by atoms with E-state index in [4.69, 9.17) is 11.6 Å². The molecule has 0 atom stereocenters. The Balaban J connectivity index is 1.39. The zero-order chi connectivity index (χ0) is 18.1. The summed E-state index contributed by atoms with van der Waals surface area (Å²) in [4.78, 5) is 19.2. The third-order valence-electron chi connectivity index (χ3n) is 5.14. The molecule has 6 nitrogen and oxygen atoms in total. The van der Waals surface area contributed by atoms with Crippen LogP contribution in [0.1, 0.15) is 37.3 Å². The van der Waals surface area contributed by atoms with Crippen molar-refractivity contribution in [2.24, 2.45) is 0 Å². The van der Waals surface area contributed by atoms with Crippen LogP contribution in [-0.2, 0) is 17.8 Å². The number of halogens is 1. The summed E-state index contributed by atoms with van der Waals surface area (Å²) in [6.45, 7) is 3.90. The van der Waals surface area contributed by atoms with Crippen LogP contribution in [0.3, 0.4) is 0 Å². The molecule has 0 spiro atoms. The number of amides is 1. The van der Waals surface area contributed by atoms with E-state index in [0.717, 1.165) is 54.9 Å². The van der Waals surface area contributed by atoms with Gasteiger partial charge in [0.1, 0.15) is 12.4 Å². The van der Waals surface area contributed by atoms with E-state index in [9.17, 15) is 4.79 Å². The second kappa shape index (κ2) is 7.11. The van der Waals surface area contributed by atoms with Gasteiger partial charge in [-0.2, -0.15) is 5.10 Å². The molecule has 1 saturated heterocycles. The van der Waals surface area contributed by atoms with Crippen LogP contribution in [0.5, 0.6) is 0 Å². The van der Waals surface area contributed by atoms with Crippen molar-refractivity contribution in [3.8, 4) is 0 Å². The minimum atomic E-state index is 0.144. The number of hydrogen-bond acceptors (Lipinski definition) is 3. The van der Waals surface area contributed by atoms with Gasteiger partial charge in [-0.05, 0) is 36.4 Å². The van der Waals surface area contributed by atoms with Gasteiger partial charge in [0.2, 0.25) is 5.91 Å². The van der Waals surface area contributed by atoms with E-state index in [1.54, 1.807) is 0 Å². The number of aryl methyl sites for hydroxylation is 1. The molecule has 1 aromatic carbocycles. The second-order valence-corrected chi connectivity index (χ2v) is 7.23. The summed E-state index contributed by atoms with van der Waals surface area (Å²) in [5.74, 6) is 2.30. The molecular weight excluding hydrogens is 350 g/mol. The van der Waals surface area contributed by atoms with Crippen LogP contribution in [-0.4, -0.2) is 43.6 Å². The number of likely N-dealkylation sites (tertiary alicyclic amines) is 1. The Morgan fingerprint density at radius 2 is 2.12 bits per heavy atom. The lowest BCUT2D eigenvalue weighted by Crippen LogP contribution is -2.39. The van der Waals surface area contributed by atoms with Crippen molar-refractivity contribution in [1.29, 1.82) is 0 Å². The molecule has 2 aromatic heterocycles. The van der Waals surface area contributed by atoms with Crippen LogP contribution < -0.4 is 0 Å². The summed E-state index contributed by atoms with van der Waals surface area (Å²) in [6, 6.07) is 7.77. The molecule has 3 heterocycles. The van der Waals surface area contributed by atoms with Crippen LogP contribution in [0, 0.1) is 0 Å². The van der Waals surface area contributed by atoms with Crippen molar-refractivity contribution in [2.75, 3.05) is 13.1 Å². The molecule has 1 aliphatic rings. The van der Waals surface area contributed by atoms with Crippen LogP contribution in [0.4, 0.5) is 0 Å². The van der Waals surface area contributed by atoms with Crippen LogP contribution in [0.2, 0.25) is 5.02 Å². The van der Waals surface area contributed by atoms with E-state index in [1.807, 2.05) is 39.9 Å². The summed E-state index contributed by atoms with van der Waals surface area (Å²) in [7, 11) is 0. The monoisotopic (exact) mass is 371 g/mol. The number of hydrogen-bond donors (Lipinski definition) is 1. The highest BCUT2D eigenvalue weighted by Crippen LogP contribution is 2.26. The second-order valence-electron chi connectivity index (χ2n) is 6.80. The number of aromatic amines is 1. The van der Waals surface area contributed by atoms with E-state index >= 15 is 0 Å². The number of nitrogens with one attached hydrogen (secondary N) is 1. The molecule has 0 unspecified atom stereocenters. The van der Waals surface area contributed by atoms with Gasteiger partial charge in [-0.1, -0.05) is 24.6 Å². The normalized spacial score (nSPS) is 15.7. The van der Waals surface area contributed by atoms with Gasteiger partial charge < -0.3 is 9.47 Å². The first-order chi connectivity index (χ1) is 12.6. The van der Waals surface area contributed by atoms with Crippen molar-refractivity contribution in [3.63, 3.8) is 0 Å². The predicted octanol–water partition coefficient (Wildman–Crippen LogP) is 3.38. The number of nitrogens with zero attached hydrogens (tertiary/aromatic N) is 4. The fraction of sp³-hybridized carbons (Fsp3) is 0.421. The largest absolute Gasteiger partial charge is 0.341 e. The van der Waals surface area contributed by atoms with Crippen LogP contribution in [0.25, 0.3) is 10.9 Å². The average Bonchev–Trinajstić information content (AvgIpc) is 3.29. The summed E-state index contributed by atoms with van der Waals surface area (Å²) < 4.78 is 1.97. The number of carbonyl (C=O) groups is 1. The average molecular weight is 372 g/mol. The molecule has 26 heavy (non-hydrogen) atoms. The Labute approximate surface area is 157 Å². The molecular formula is C19H22ClN5O. The Morgan fingerprint density at radius 3 is 2.85 bits per heavy atom. The van der Waals surface area contributed by atoms with Crippen molar-refractivity contribution in [3.05, 3.63) is 47.1 Å². The van der Waals surface area contributed by atoms with E-state index < -0.39 is 0 Å². The van der Waals surface area contributed by atoms with Gasteiger partial charge >= 0.3 is 0 Å². The zero-order valence-electron chi connectivity index (χ0n) is 14.8. The molecule has 4 rings (SSSR count). The smallest absolute Gasteiger partial charge is 0.242 e. The van der Waals surface area contributed by atoms with Crippen LogP contribution >= 0.6 is 11.6 Å². The van der Waals surface area contributed by atoms with Gasteiger partial charge in [0.25, 0.3) is 0 Å². The number of fused-ring (bicyclic) bond motifs is 1. The molecule has 0 bridgehead atoms. The quantitative estimate of drug-likeness (QED) is 0.764. The fourth-order valence-corrected chi connectivity index (χ4v) is 3.74. The summed E-state index contributed by atoms with van der Waals surface area (Å²) in [6.07, 6.45) is 4.63. The molecule has 1 N–H and O–H groups in total. The SMILES string of the molecule is CCc1nc(C2CCN(C(=O)Cn3ccc4ccc(Cl)cc43)CC2)n[nH]1. The maximum absolute atomic E-state index is 12.7. The number of piperidine rings is 1. The van der Waals surface area contributed by atoms with E-state index in [0.29, 0.717) is 17.5 Å². The lowest BCUT2D eigenvalue weighted by molar-refractivity contribution is -0.132. The minimum Gasteiger partial charge on any atom is -0.341 e. The Morgan fingerprint density at radius 1 is 1.31 bits per heavy atom. The van der Waals surface area contributed by atoms with E-state index in [1.165, 1.54) is 0 Å². The molecule has 7 heteroatoms. The van der Waals surface area contributed by atoms with Crippen molar-refractivity contribution in [2.45, 2.75) is 38.6 Å². The maximum atomic E-state index is 12.7. The molecule has 3 aromatic rings. The maximum Gasteiger partial charge on any atom is 0.242 e. The highest BCUT2D eigenvalue weighted by atomic mass is 35.5. The number of H-pyrrole nitrogens is 1. The molecule has 0 aliphatic carbocycles. The lowest BCUT2D eigenvalue weighted by Gasteiger charge is -2.31. The number of benzene rings is 1. The van der Waals surface area contributed by atoms with E-state index in [2.05, 4.69) is 22.1 Å². The molecule has 136 valence electrons. The van der Waals surface area contributed by atoms with Gasteiger partial charge in [-0.25, -0.2) is 4.98 Å². The van der Waals surface area contributed by atoms with E-state index in [-0.39, 0.29) is 5.91 Å². The molecule has 1 aliphatic heterocycles. The van der Waals surface area contributed by atoms with Gasteiger partial charge in [-0.15, -0.1) is 0 Å². The fourth-order valence-electron chi connectivity index (χ4n) is 3.58. The lowest BCUT2D eigenvalue weighted by atomic mass is 9.96. The first-order valence-electron chi connectivity index (χ1n) is 9.07. The van der Waals surface area contributed by atoms with Gasteiger partial charge in [0, 0.05) is 42.2 Å². The van der Waals surface area contributed by atoms with Gasteiger partial charge in [0.05, 0.1) is 0 Å². The van der Waals surface area contributed by atoms with Crippen molar-refractivity contribution >= 4 is 28.4 Å². The van der Waals surface area contributed by atoms with Gasteiger partial charge in [-0.3, -0.25) is 9.89 Å². The van der Waals surface area contributed by atoms with Crippen molar-refractivity contribution < 1.29 is 4.79 Å². The highest BCUT2D eigenvalue weighted by Gasteiger charge is 2.26. The summed E-state index contributed by atoms with van der Waals surface area (Å²) in [5.41, 5.74) is 0.994. The highest BCUT2D eigenvalue weighted by molar-refractivity contribution is 6.31. The zero-order valence-corrected chi connectivity index (χ0v) is 15.5. The third-order valence-corrected chi connectivity index (χ3v) is 5.37. The van der Waals surface area contributed by atoms with Crippen LogP contribution in [0.15, 0.2) is 30.5 Å². The Kier molecular flexibility index (Phi) is 4.68.